The van der Waals surface area contributed by atoms with Gasteiger partial charge in [-0.3, -0.25) is 4.79 Å². The number of aliphatic hydroxyl groups is 1. The predicted molar refractivity (Wildman–Crippen MR) is 109 cm³/mol. The Morgan fingerprint density at radius 1 is 1.13 bits per heavy atom. The highest BCUT2D eigenvalue weighted by atomic mass is 19.3. The number of carbonyl (C=O) groups is 1. The van der Waals surface area contributed by atoms with Gasteiger partial charge in [-0.1, -0.05) is 6.92 Å². The minimum absolute atomic E-state index is 0.0735. The first-order valence-electron chi connectivity index (χ1n) is 11.8. The number of aromatic nitrogens is 2. The SMILES string of the molecule is C[C@]12CCC3C(CC[C@H]4C[C@@](O)(C(F)F)CC[C@H]34)C1CC[C@@H]2C(=O)Cn1ccnc1. The average Bonchev–Trinajstić information content (AvgIpc) is 3.34. The number of ketones is 1. The second-order valence-electron chi connectivity index (χ2n) is 11.0. The number of carbonyl (C=O) groups excluding carboxylic acids is 1. The van der Waals surface area contributed by atoms with Gasteiger partial charge in [0.25, 0.3) is 6.43 Å². The van der Waals surface area contributed by atoms with Crippen LogP contribution in [-0.4, -0.2) is 32.5 Å². The topological polar surface area (TPSA) is 55.1 Å². The zero-order valence-electron chi connectivity index (χ0n) is 17.9. The molecule has 0 bridgehead atoms. The van der Waals surface area contributed by atoms with E-state index in [9.17, 15) is 18.7 Å². The molecule has 4 aliphatic rings. The molecule has 4 aliphatic carbocycles. The Labute approximate surface area is 177 Å². The van der Waals surface area contributed by atoms with Crippen molar-refractivity contribution in [2.45, 2.75) is 83.3 Å². The van der Waals surface area contributed by atoms with Crippen LogP contribution in [0.25, 0.3) is 0 Å². The summed E-state index contributed by atoms with van der Waals surface area (Å²) in [5, 5.41) is 10.4. The van der Waals surface area contributed by atoms with Gasteiger partial charge < -0.3 is 9.67 Å². The number of nitrogens with zero attached hydrogens (tertiary/aromatic N) is 2. The van der Waals surface area contributed by atoms with Crippen molar-refractivity contribution in [2.75, 3.05) is 0 Å². The molecule has 1 heterocycles. The first-order chi connectivity index (χ1) is 14.3. The molecule has 1 aromatic heterocycles. The Hall–Kier alpha value is -1.30. The van der Waals surface area contributed by atoms with Crippen molar-refractivity contribution in [3.05, 3.63) is 18.7 Å². The van der Waals surface area contributed by atoms with Gasteiger partial charge in [0.1, 0.15) is 5.60 Å². The molecule has 6 heteroatoms. The van der Waals surface area contributed by atoms with Crippen LogP contribution < -0.4 is 0 Å². The van der Waals surface area contributed by atoms with E-state index in [2.05, 4.69) is 11.9 Å². The van der Waals surface area contributed by atoms with Crippen molar-refractivity contribution < 1.29 is 18.7 Å². The first-order valence-corrected chi connectivity index (χ1v) is 11.8. The second-order valence-corrected chi connectivity index (χ2v) is 11.0. The standard InChI is InChI=1S/C24H34F2N2O2/c1-23-8-6-17-16-7-9-24(30,22(25)26)12-15(16)2-3-18(17)19(23)4-5-20(23)21(29)13-28-11-10-27-14-28/h10-11,14-20,22,30H,2-9,12-13H2,1H3/t15-,16-,17?,18?,19?,20+,23-,24+/m0/s1. The monoisotopic (exact) mass is 420 g/mol. The Balaban J connectivity index is 1.30. The minimum atomic E-state index is -2.64. The van der Waals surface area contributed by atoms with Gasteiger partial charge in [0.05, 0.1) is 12.9 Å². The Morgan fingerprint density at radius 2 is 1.93 bits per heavy atom. The molecule has 5 rings (SSSR count). The highest BCUT2D eigenvalue weighted by Crippen LogP contribution is 2.64. The van der Waals surface area contributed by atoms with Gasteiger partial charge in [0.2, 0.25) is 0 Å². The zero-order chi connectivity index (χ0) is 21.1. The molecule has 4 saturated carbocycles. The van der Waals surface area contributed by atoms with Crippen LogP contribution in [0.15, 0.2) is 18.7 Å². The van der Waals surface area contributed by atoms with Crippen LogP contribution in [0.2, 0.25) is 0 Å². The van der Waals surface area contributed by atoms with E-state index in [0.29, 0.717) is 36.0 Å². The average molecular weight is 421 g/mol. The third kappa shape index (κ3) is 3.16. The third-order valence-electron chi connectivity index (χ3n) is 9.74. The molecule has 166 valence electrons. The molecule has 0 aliphatic heterocycles. The predicted octanol–water partition coefficient (Wildman–Crippen LogP) is 4.72. The van der Waals surface area contributed by atoms with E-state index in [1.165, 1.54) is 0 Å². The number of alkyl halides is 2. The van der Waals surface area contributed by atoms with Crippen LogP contribution in [0, 0.1) is 40.9 Å². The summed E-state index contributed by atoms with van der Waals surface area (Å²) in [5.41, 5.74) is -1.70. The maximum absolute atomic E-state index is 13.4. The summed E-state index contributed by atoms with van der Waals surface area (Å²) < 4.78 is 28.7. The van der Waals surface area contributed by atoms with Crippen LogP contribution in [0.5, 0.6) is 0 Å². The molecule has 1 N–H and O–H groups in total. The second kappa shape index (κ2) is 7.39. The number of hydrogen-bond donors (Lipinski definition) is 1. The molecule has 0 radical (unpaired) electrons. The summed E-state index contributed by atoms with van der Waals surface area (Å²) >= 11 is 0. The number of fused-ring (bicyclic) bond motifs is 5. The molecule has 8 atom stereocenters. The fraction of sp³-hybridized carbons (Fsp3) is 0.833. The number of rotatable bonds is 4. The number of halogens is 2. The van der Waals surface area contributed by atoms with Crippen LogP contribution in [0.4, 0.5) is 8.78 Å². The molecule has 4 fully saturated rings. The summed E-state index contributed by atoms with van der Waals surface area (Å²) in [6.07, 6.45) is 10.2. The Kier molecular flexibility index (Phi) is 5.07. The number of Topliss-reactive ketones (excluding diaryl/α,β-unsaturated/α-hetero) is 1. The molecule has 3 unspecified atom stereocenters. The summed E-state index contributed by atoms with van der Waals surface area (Å²) in [7, 11) is 0. The molecule has 0 amide bonds. The highest BCUT2D eigenvalue weighted by Gasteiger charge is 2.59. The molecule has 30 heavy (non-hydrogen) atoms. The lowest BCUT2D eigenvalue weighted by molar-refractivity contribution is -0.160. The summed E-state index contributed by atoms with van der Waals surface area (Å²) in [6, 6.07) is 0. The Morgan fingerprint density at radius 3 is 2.67 bits per heavy atom. The lowest BCUT2D eigenvalue weighted by Crippen LogP contribution is -2.53. The molecule has 0 aromatic carbocycles. The van der Waals surface area contributed by atoms with Gasteiger partial charge in [0, 0.05) is 18.3 Å². The van der Waals surface area contributed by atoms with Gasteiger partial charge in [-0.2, -0.15) is 0 Å². The largest absolute Gasteiger partial charge is 0.384 e. The van der Waals surface area contributed by atoms with Gasteiger partial charge in [-0.15, -0.1) is 0 Å². The number of imidazole rings is 1. The van der Waals surface area contributed by atoms with Crippen molar-refractivity contribution in [1.82, 2.24) is 9.55 Å². The molecule has 0 spiro atoms. The molecule has 4 nitrogen and oxygen atoms in total. The van der Waals surface area contributed by atoms with Crippen LogP contribution in [-0.2, 0) is 11.3 Å². The van der Waals surface area contributed by atoms with Crippen molar-refractivity contribution >= 4 is 5.78 Å². The van der Waals surface area contributed by atoms with Crippen LogP contribution in [0.1, 0.15) is 64.7 Å². The van der Waals surface area contributed by atoms with Crippen LogP contribution in [0.3, 0.4) is 0 Å². The number of hydrogen-bond acceptors (Lipinski definition) is 3. The van der Waals surface area contributed by atoms with E-state index in [1.807, 2.05) is 10.8 Å². The summed E-state index contributed by atoms with van der Waals surface area (Å²) in [4.78, 5) is 17.2. The van der Waals surface area contributed by atoms with E-state index >= 15 is 0 Å². The third-order valence-corrected chi connectivity index (χ3v) is 9.74. The summed E-state index contributed by atoms with van der Waals surface area (Å²) in [5.74, 6) is 2.96. The van der Waals surface area contributed by atoms with Crippen molar-refractivity contribution in [2.24, 2.45) is 40.9 Å². The first kappa shape index (κ1) is 20.6. The fourth-order valence-corrected chi connectivity index (χ4v) is 8.31. The van der Waals surface area contributed by atoms with Crippen molar-refractivity contribution in [3.8, 4) is 0 Å². The normalized spacial score (nSPS) is 45.6. The maximum atomic E-state index is 13.4. The van der Waals surface area contributed by atoms with Gasteiger partial charge in [-0.05, 0) is 92.8 Å². The van der Waals surface area contributed by atoms with Crippen LogP contribution >= 0.6 is 0 Å². The zero-order valence-corrected chi connectivity index (χ0v) is 17.9. The smallest absolute Gasteiger partial charge is 0.266 e. The van der Waals surface area contributed by atoms with Gasteiger partial charge in [-0.25, -0.2) is 13.8 Å². The van der Waals surface area contributed by atoms with E-state index in [-0.39, 0.29) is 30.1 Å². The lowest BCUT2D eigenvalue weighted by atomic mass is 9.49. The lowest BCUT2D eigenvalue weighted by Gasteiger charge is -2.57. The quantitative estimate of drug-likeness (QED) is 0.767. The highest BCUT2D eigenvalue weighted by molar-refractivity contribution is 5.82. The van der Waals surface area contributed by atoms with E-state index < -0.39 is 12.0 Å². The molecule has 0 saturated heterocycles. The fourth-order valence-electron chi connectivity index (χ4n) is 8.31. The molecular formula is C24H34F2N2O2. The minimum Gasteiger partial charge on any atom is -0.384 e. The Bertz CT molecular complexity index is 784. The van der Waals surface area contributed by atoms with Crippen molar-refractivity contribution in [1.29, 1.82) is 0 Å². The maximum Gasteiger partial charge on any atom is 0.266 e. The van der Waals surface area contributed by atoms with Gasteiger partial charge in [0.15, 0.2) is 5.78 Å². The molecule has 1 aromatic rings. The van der Waals surface area contributed by atoms with Gasteiger partial charge >= 0.3 is 0 Å². The van der Waals surface area contributed by atoms with E-state index in [0.717, 1.165) is 44.9 Å². The van der Waals surface area contributed by atoms with E-state index in [1.54, 1.807) is 12.5 Å². The van der Waals surface area contributed by atoms with Crippen molar-refractivity contribution in [3.63, 3.8) is 0 Å². The molecular weight excluding hydrogens is 386 g/mol. The van der Waals surface area contributed by atoms with E-state index in [4.69, 9.17) is 0 Å². The summed E-state index contributed by atoms with van der Waals surface area (Å²) in [6.45, 7) is 2.76.